The number of nitrogens with one attached hydrogen (secondary N) is 1. The van der Waals surface area contributed by atoms with E-state index in [1.54, 1.807) is 0 Å². The Hall–Kier alpha value is -2.82. The zero-order valence-corrected chi connectivity index (χ0v) is 13.1. The molecule has 0 aromatic heterocycles. The predicted octanol–water partition coefficient (Wildman–Crippen LogP) is 3.14. The molecule has 0 fully saturated rings. The highest BCUT2D eigenvalue weighted by atomic mass is 16.5. The van der Waals surface area contributed by atoms with Gasteiger partial charge < -0.3 is 15.2 Å². The molecule has 1 amide bonds. The van der Waals surface area contributed by atoms with Gasteiger partial charge in [0, 0.05) is 5.69 Å². The van der Waals surface area contributed by atoms with Crippen molar-refractivity contribution < 1.29 is 19.4 Å². The number of aryl methyl sites for hydroxylation is 1. The lowest BCUT2D eigenvalue weighted by molar-refractivity contribution is -0.123. The van der Waals surface area contributed by atoms with Crippen molar-refractivity contribution in [2.75, 3.05) is 5.32 Å². The van der Waals surface area contributed by atoms with Gasteiger partial charge in [0.25, 0.3) is 5.91 Å². The summed E-state index contributed by atoms with van der Waals surface area (Å²) in [4.78, 5) is 24.0. The first kappa shape index (κ1) is 16.5. The van der Waals surface area contributed by atoms with E-state index in [9.17, 15) is 14.7 Å². The number of carbonyl (C=O) groups excluding carboxylic acids is 2. The maximum Gasteiger partial charge on any atom is 0.338 e. The van der Waals surface area contributed by atoms with Crippen LogP contribution in [0.15, 0.2) is 48.5 Å². The summed E-state index contributed by atoms with van der Waals surface area (Å²) in [6.07, 6.45) is -0.00309. The van der Waals surface area contributed by atoms with Crippen LogP contribution in [0, 0.1) is 0 Å². The van der Waals surface area contributed by atoms with Gasteiger partial charge in [0.1, 0.15) is 5.75 Å². The van der Waals surface area contributed by atoms with Gasteiger partial charge >= 0.3 is 5.97 Å². The van der Waals surface area contributed by atoms with E-state index >= 15 is 0 Å². The van der Waals surface area contributed by atoms with E-state index in [0.717, 1.165) is 6.42 Å². The summed E-state index contributed by atoms with van der Waals surface area (Å²) < 4.78 is 5.12. The first-order chi connectivity index (χ1) is 11.0. The van der Waals surface area contributed by atoms with E-state index in [-0.39, 0.29) is 11.3 Å². The average molecular weight is 313 g/mol. The van der Waals surface area contributed by atoms with Gasteiger partial charge in [-0.1, -0.05) is 19.1 Å². The van der Waals surface area contributed by atoms with E-state index in [4.69, 9.17) is 4.74 Å². The number of phenols is 1. The Labute approximate surface area is 134 Å². The van der Waals surface area contributed by atoms with Crippen molar-refractivity contribution in [2.45, 2.75) is 26.4 Å². The third-order valence-electron chi connectivity index (χ3n) is 3.39. The Morgan fingerprint density at radius 3 is 2.26 bits per heavy atom. The summed E-state index contributed by atoms with van der Waals surface area (Å²) in [7, 11) is 0. The molecule has 0 bridgehead atoms. The topological polar surface area (TPSA) is 75.6 Å². The molecule has 120 valence electrons. The Morgan fingerprint density at radius 1 is 1.09 bits per heavy atom. The summed E-state index contributed by atoms with van der Waals surface area (Å²) in [5, 5.41) is 11.9. The third kappa shape index (κ3) is 4.57. The second-order valence-electron chi connectivity index (χ2n) is 5.13. The molecule has 0 aliphatic rings. The number of hydrogen-bond acceptors (Lipinski definition) is 4. The largest absolute Gasteiger partial charge is 0.508 e. The van der Waals surface area contributed by atoms with Crippen molar-refractivity contribution in [3.63, 3.8) is 0 Å². The molecule has 2 N–H and O–H groups in total. The summed E-state index contributed by atoms with van der Waals surface area (Å²) >= 11 is 0. The molecule has 0 radical (unpaired) electrons. The van der Waals surface area contributed by atoms with E-state index in [1.165, 1.54) is 36.8 Å². The lowest BCUT2D eigenvalue weighted by atomic mass is 10.1. The smallest absolute Gasteiger partial charge is 0.338 e. The van der Waals surface area contributed by atoms with Crippen LogP contribution in [-0.2, 0) is 16.0 Å². The van der Waals surface area contributed by atoms with Crippen LogP contribution in [0.1, 0.15) is 29.8 Å². The SMILES string of the molecule is CCc1ccc(NC(=O)[C@H](C)OC(=O)c2ccc(O)cc2)cc1. The fourth-order valence-corrected chi connectivity index (χ4v) is 1.95. The summed E-state index contributed by atoms with van der Waals surface area (Å²) in [6.45, 7) is 3.56. The van der Waals surface area contributed by atoms with Crippen LogP contribution in [-0.4, -0.2) is 23.1 Å². The molecule has 2 aromatic carbocycles. The van der Waals surface area contributed by atoms with Crippen LogP contribution >= 0.6 is 0 Å². The van der Waals surface area contributed by atoms with E-state index in [1.807, 2.05) is 24.3 Å². The second kappa shape index (κ2) is 7.45. The Kier molecular flexibility index (Phi) is 5.36. The minimum atomic E-state index is -0.929. The summed E-state index contributed by atoms with van der Waals surface area (Å²) in [5.41, 5.74) is 2.10. The van der Waals surface area contributed by atoms with Crippen molar-refractivity contribution in [3.05, 3.63) is 59.7 Å². The van der Waals surface area contributed by atoms with Gasteiger partial charge in [-0.3, -0.25) is 4.79 Å². The first-order valence-corrected chi connectivity index (χ1v) is 7.39. The first-order valence-electron chi connectivity index (χ1n) is 7.39. The third-order valence-corrected chi connectivity index (χ3v) is 3.39. The number of amides is 1. The molecule has 5 nitrogen and oxygen atoms in total. The minimum Gasteiger partial charge on any atom is -0.508 e. The van der Waals surface area contributed by atoms with E-state index < -0.39 is 18.0 Å². The number of aromatic hydroxyl groups is 1. The molecule has 23 heavy (non-hydrogen) atoms. The normalized spacial score (nSPS) is 11.6. The molecule has 0 saturated carbocycles. The monoisotopic (exact) mass is 313 g/mol. The predicted molar refractivity (Wildman–Crippen MR) is 87.4 cm³/mol. The average Bonchev–Trinajstić information content (AvgIpc) is 2.56. The lowest BCUT2D eigenvalue weighted by Gasteiger charge is -2.13. The zero-order chi connectivity index (χ0) is 16.8. The maximum atomic E-state index is 12.1. The molecule has 0 unspecified atom stereocenters. The number of ether oxygens (including phenoxy) is 1. The number of esters is 1. The molecule has 2 rings (SSSR count). The van der Waals surface area contributed by atoms with Crippen LogP contribution in [0.2, 0.25) is 0 Å². The quantitative estimate of drug-likeness (QED) is 0.832. The number of anilines is 1. The summed E-state index contributed by atoms with van der Waals surface area (Å²) in [5.74, 6) is -0.960. The van der Waals surface area contributed by atoms with Gasteiger partial charge in [0.15, 0.2) is 6.10 Å². The molecule has 0 aliphatic heterocycles. The number of benzene rings is 2. The molecule has 0 saturated heterocycles. The van der Waals surface area contributed by atoms with Crippen LogP contribution in [0.5, 0.6) is 5.75 Å². The van der Waals surface area contributed by atoms with Crippen molar-refractivity contribution in [1.82, 2.24) is 0 Å². The van der Waals surface area contributed by atoms with Crippen LogP contribution in [0.25, 0.3) is 0 Å². The van der Waals surface area contributed by atoms with Gasteiger partial charge in [-0.25, -0.2) is 4.79 Å². The zero-order valence-electron chi connectivity index (χ0n) is 13.1. The Bertz CT molecular complexity index is 677. The molecule has 1 atom stereocenters. The number of hydrogen-bond donors (Lipinski definition) is 2. The van der Waals surface area contributed by atoms with E-state index in [2.05, 4.69) is 12.2 Å². The van der Waals surface area contributed by atoms with Gasteiger partial charge in [-0.05, 0) is 55.3 Å². The maximum absolute atomic E-state index is 12.1. The lowest BCUT2D eigenvalue weighted by Crippen LogP contribution is -2.30. The summed E-state index contributed by atoms with van der Waals surface area (Å²) in [6, 6.07) is 13.1. The van der Waals surface area contributed by atoms with Gasteiger partial charge in [-0.15, -0.1) is 0 Å². The standard InChI is InChI=1S/C18H19NO4/c1-3-13-4-8-15(9-5-13)19-17(21)12(2)23-18(22)14-6-10-16(20)11-7-14/h4-12,20H,3H2,1-2H3,(H,19,21)/t12-/m0/s1. The molecule has 0 spiro atoms. The molecule has 0 aliphatic carbocycles. The fraction of sp³-hybridized carbons (Fsp3) is 0.222. The van der Waals surface area contributed by atoms with Gasteiger partial charge in [0.05, 0.1) is 5.56 Å². The highest BCUT2D eigenvalue weighted by molar-refractivity contribution is 5.97. The Balaban J connectivity index is 1.93. The van der Waals surface area contributed by atoms with Crippen molar-refractivity contribution >= 4 is 17.6 Å². The molecular formula is C18H19NO4. The number of phenolic OH excluding ortho intramolecular Hbond substituents is 1. The molecule has 0 heterocycles. The van der Waals surface area contributed by atoms with Gasteiger partial charge in [-0.2, -0.15) is 0 Å². The molecular weight excluding hydrogens is 294 g/mol. The second-order valence-corrected chi connectivity index (χ2v) is 5.13. The number of carbonyl (C=O) groups is 2. The fourth-order valence-electron chi connectivity index (χ4n) is 1.95. The highest BCUT2D eigenvalue weighted by Crippen LogP contribution is 2.13. The Morgan fingerprint density at radius 2 is 1.70 bits per heavy atom. The molecule has 2 aromatic rings. The van der Waals surface area contributed by atoms with Crippen LogP contribution in [0.3, 0.4) is 0 Å². The minimum absolute atomic E-state index is 0.0582. The number of rotatable bonds is 5. The highest BCUT2D eigenvalue weighted by Gasteiger charge is 2.19. The van der Waals surface area contributed by atoms with Crippen molar-refractivity contribution in [1.29, 1.82) is 0 Å². The van der Waals surface area contributed by atoms with E-state index in [0.29, 0.717) is 5.69 Å². The van der Waals surface area contributed by atoms with Gasteiger partial charge in [0.2, 0.25) is 0 Å². The van der Waals surface area contributed by atoms with Crippen molar-refractivity contribution in [3.8, 4) is 5.75 Å². The molecule has 5 heteroatoms. The van der Waals surface area contributed by atoms with Crippen LogP contribution in [0.4, 0.5) is 5.69 Å². The van der Waals surface area contributed by atoms with Crippen LogP contribution < -0.4 is 5.32 Å². The van der Waals surface area contributed by atoms with Crippen molar-refractivity contribution in [2.24, 2.45) is 0 Å².